The molecule has 0 aromatic heterocycles. The number of carbonyl (C=O) groups is 4. The average molecular weight is 371 g/mol. The zero-order chi connectivity index (χ0) is 18.8. The number of hydrogen-bond donors (Lipinski definition) is 4. The largest absolute Gasteiger partial charge is 0.370 e. The lowest BCUT2D eigenvalue weighted by atomic mass is 9.93. The molecule has 140 valence electrons. The van der Waals surface area contributed by atoms with Crippen molar-refractivity contribution in [3.05, 3.63) is 0 Å². The van der Waals surface area contributed by atoms with Crippen LogP contribution in [0.5, 0.6) is 0 Å². The van der Waals surface area contributed by atoms with Gasteiger partial charge in [-0.1, -0.05) is 0 Å². The summed E-state index contributed by atoms with van der Waals surface area (Å²) in [6.45, 7) is 0.762. The third-order valence-electron chi connectivity index (χ3n) is 5.08. The van der Waals surface area contributed by atoms with Gasteiger partial charge in [0.1, 0.15) is 11.6 Å². The van der Waals surface area contributed by atoms with Gasteiger partial charge in [0, 0.05) is 25.3 Å². The second kappa shape index (κ2) is 7.61. The monoisotopic (exact) mass is 371 g/mol. The highest BCUT2D eigenvalue weighted by atomic mass is 32.1. The Labute approximate surface area is 151 Å². The Bertz CT molecular complexity index is 586. The van der Waals surface area contributed by atoms with Gasteiger partial charge in [-0.05, 0) is 25.7 Å². The Morgan fingerprint density at radius 1 is 1.20 bits per heavy atom. The Balaban J connectivity index is 2.17. The number of carbonyl (C=O) groups excluding carboxylic acids is 4. The van der Waals surface area contributed by atoms with E-state index in [4.69, 9.17) is 17.2 Å². The normalized spacial score (nSPS) is 25.4. The molecule has 1 spiro atoms. The molecule has 2 aliphatic heterocycles. The van der Waals surface area contributed by atoms with Crippen molar-refractivity contribution in [1.29, 1.82) is 0 Å². The van der Waals surface area contributed by atoms with Gasteiger partial charge in [-0.2, -0.15) is 12.6 Å². The summed E-state index contributed by atoms with van der Waals surface area (Å²) in [5.74, 6) is -1.66. The summed E-state index contributed by atoms with van der Waals surface area (Å²) in [6.07, 6.45) is 1.78. The van der Waals surface area contributed by atoms with Crippen LogP contribution in [-0.2, 0) is 19.2 Å². The topological polar surface area (TPSA) is 153 Å². The molecule has 2 heterocycles. The summed E-state index contributed by atoms with van der Waals surface area (Å²) < 4.78 is 0. The maximum Gasteiger partial charge on any atom is 0.249 e. The van der Waals surface area contributed by atoms with Crippen molar-refractivity contribution in [2.75, 3.05) is 18.8 Å². The van der Waals surface area contributed by atoms with Gasteiger partial charge in [-0.3, -0.25) is 19.2 Å². The molecule has 0 aromatic carbocycles. The Kier molecular flexibility index (Phi) is 5.94. The molecule has 4 amide bonds. The van der Waals surface area contributed by atoms with Crippen LogP contribution < -0.4 is 17.2 Å². The van der Waals surface area contributed by atoms with Crippen molar-refractivity contribution < 1.29 is 19.2 Å². The average Bonchev–Trinajstić information content (AvgIpc) is 3.12. The summed E-state index contributed by atoms with van der Waals surface area (Å²) >= 11 is 4.11. The van der Waals surface area contributed by atoms with Gasteiger partial charge < -0.3 is 27.0 Å². The molecule has 2 fully saturated rings. The van der Waals surface area contributed by atoms with E-state index in [1.54, 1.807) is 0 Å². The number of rotatable bonds is 7. The Hall–Kier alpha value is -1.81. The van der Waals surface area contributed by atoms with Crippen LogP contribution in [0.1, 0.15) is 32.1 Å². The lowest BCUT2D eigenvalue weighted by Gasteiger charge is -2.35. The van der Waals surface area contributed by atoms with Crippen LogP contribution >= 0.6 is 12.6 Å². The predicted molar refractivity (Wildman–Crippen MR) is 93.2 cm³/mol. The molecule has 0 aromatic rings. The fraction of sp³-hybridized carbons (Fsp3) is 0.733. The van der Waals surface area contributed by atoms with Crippen LogP contribution in [0.25, 0.3) is 0 Å². The van der Waals surface area contributed by atoms with Crippen molar-refractivity contribution in [1.82, 2.24) is 9.80 Å². The van der Waals surface area contributed by atoms with E-state index in [0.717, 1.165) is 0 Å². The third kappa shape index (κ3) is 3.59. The first-order valence-electron chi connectivity index (χ1n) is 8.31. The predicted octanol–water partition coefficient (Wildman–Crippen LogP) is -2.04. The van der Waals surface area contributed by atoms with Gasteiger partial charge >= 0.3 is 0 Å². The summed E-state index contributed by atoms with van der Waals surface area (Å²) in [4.78, 5) is 51.1. The Morgan fingerprint density at radius 2 is 1.88 bits per heavy atom. The summed E-state index contributed by atoms with van der Waals surface area (Å²) in [6, 6.07) is -1.68. The summed E-state index contributed by atoms with van der Waals surface area (Å²) in [7, 11) is 0. The minimum absolute atomic E-state index is 0.0111. The van der Waals surface area contributed by atoms with E-state index in [9.17, 15) is 19.2 Å². The minimum atomic E-state index is -0.974. The molecule has 0 aliphatic carbocycles. The van der Waals surface area contributed by atoms with E-state index >= 15 is 0 Å². The zero-order valence-electron chi connectivity index (χ0n) is 14.0. The fourth-order valence-electron chi connectivity index (χ4n) is 3.72. The maximum absolute atomic E-state index is 13.0. The van der Waals surface area contributed by atoms with E-state index in [0.29, 0.717) is 32.4 Å². The maximum atomic E-state index is 13.0. The van der Waals surface area contributed by atoms with Gasteiger partial charge in [0.2, 0.25) is 23.6 Å². The molecule has 0 saturated carbocycles. The molecule has 2 aliphatic rings. The van der Waals surface area contributed by atoms with E-state index in [-0.39, 0.29) is 30.4 Å². The van der Waals surface area contributed by atoms with E-state index in [1.807, 2.05) is 0 Å². The van der Waals surface area contributed by atoms with Crippen LogP contribution in [0.4, 0.5) is 0 Å². The lowest BCUT2D eigenvalue weighted by Crippen LogP contribution is -2.58. The van der Waals surface area contributed by atoms with Crippen molar-refractivity contribution in [2.24, 2.45) is 17.2 Å². The fourth-order valence-corrected chi connectivity index (χ4v) is 4.10. The summed E-state index contributed by atoms with van der Waals surface area (Å²) in [5.41, 5.74) is 15.4. The molecule has 0 radical (unpaired) electrons. The number of primary amides is 2. The first-order valence-corrected chi connectivity index (χ1v) is 8.94. The van der Waals surface area contributed by atoms with Crippen molar-refractivity contribution in [2.45, 2.75) is 49.7 Å². The second-order valence-corrected chi connectivity index (χ2v) is 6.95. The van der Waals surface area contributed by atoms with Gasteiger partial charge in [-0.25, -0.2) is 0 Å². The van der Waals surface area contributed by atoms with Gasteiger partial charge in [0.05, 0.1) is 6.04 Å². The lowest BCUT2D eigenvalue weighted by molar-refractivity contribution is -0.149. The van der Waals surface area contributed by atoms with Crippen molar-refractivity contribution >= 4 is 36.3 Å². The number of nitrogens with zero attached hydrogens (tertiary/aromatic N) is 2. The molecule has 3 atom stereocenters. The molecular formula is C15H25N5O4S. The minimum Gasteiger partial charge on any atom is -0.370 e. The first-order chi connectivity index (χ1) is 11.7. The first kappa shape index (κ1) is 19.5. The molecule has 0 bridgehead atoms. The second-order valence-electron chi connectivity index (χ2n) is 6.59. The third-order valence-corrected chi connectivity index (χ3v) is 5.42. The molecule has 2 rings (SSSR count). The van der Waals surface area contributed by atoms with Gasteiger partial charge in [0.25, 0.3) is 0 Å². The van der Waals surface area contributed by atoms with Crippen LogP contribution in [0.2, 0.25) is 0 Å². The zero-order valence-corrected chi connectivity index (χ0v) is 14.9. The SMILES string of the molecule is NC(=O)CC[C@H](N)C(=O)N1CCCC12CCN([C@@H](CS)C(N)=O)C2=O. The molecular weight excluding hydrogens is 346 g/mol. The molecule has 9 nitrogen and oxygen atoms in total. The van der Waals surface area contributed by atoms with Gasteiger partial charge in [-0.15, -0.1) is 0 Å². The van der Waals surface area contributed by atoms with Crippen molar-refractivity contribution in [3.8, 4) is 0 Å². The quantitative estimate of drug-likeness (QED) is 0.380. The van der Waals surface area contributed by atoms with E-state index < -0.39 is 29.4 Å². The standard InChI is InChI=1S/C15H25N5O4S/c16-9(2-3-11(17)21)13(23)20-6-1-4-15(20)5-7-19(14(15)24)10(8-25)12(18)22/h9-10,25H,1-8,16H2,(H2,17,21)(H2,18,22)/t9-,10-,15?/m0/s1. The number of thiol groups is 1. The van der Waals surface area contributed by atoms with Crippen LogP contribution in [0.15, 0.2) is 0 Å². The number of amides is 4. The van der Waals surface area contributed by atoms with Crippen LogP contribution in [0.3, 0.4) is 0 Å². The highest BCUT2D eigenvalue weighted by Gasteiger charge is 2.56. The van der Waals surface area contributed by atoms with Crippen LogP contribution in [0, 0.1) is 0 Å². The molecule has 6 N–H and O–H groups in total. The molecule has 2 saturated heterocycles. The highest BCUT2D eigenvalue weighted by Crippen LogP contribution is 2.40. The number of likely N-dealkylation sites (tertiary alicyclic amines) is 2. The number of nitrogens with two attached hydrogens (primary N) is 3. The van der Waals surface area contributed by atoms with E-state index in [2.05, 4.69) is 12.6 Å². The molecule has 1 unspecified atom stereocenters. The molecule has 25 heavy (non-hydrogen) atoms. The molecule has 10 heteroatoms. The highest BCUT2D eigenvalue weighted by molar-refractivity contribution is 7.80. The smallest absolute Gasteiger partial charge is 0.249 e. The Morgan fingerprint density at radius 3 is 2.44 bits per heavy atom. The number of hydrogen-bond acceptors (Lipinski definition) is 6. The van der Waals surface area contributed by atoms with Crippen molar-refractivity contribution in [3.63, 3.8) is 0 Å². The van der Waals surface area contributed by atoms with Gasteiger partial charge in [0.15, 0.2) is 0 Å². The van der Waals surface area contributed by atoms with E-state index in [1.165, 1.54) is 9.80 Å². The van der Waals surface area contributed by atoms with Crippen LogP contribution in [-0.4, -0.2) is 69.9 Å². The summed E-state index contributed by atoms with van der Waals surface area (Å²) in [5, 5.41) is 0.